The lowest BCUT2D eigenvalue weighted by molar-refractivity contribution is 0.995. The molecule has 1 aromatic heterocycles. The van der Waals surface area contributed by atoms with Gasteiger partial charge in [0.15, 0.2) is 0 Å². The summed E-state index contributed by atoms with van der Waals surface area (Å²) in [6, 6.07) is 7.95. The van der Waals surface area contributed by atoms with Gasteiger partial charge in [-0.2, -0.15) is 5.26 Å². The molecule has 0 saturated heterocycles. The van der Waals surface area contributed by atoms with Crippen molar-refractivity contribution in [2.24, 2.45) is 0 Å². The third-order valence-corrected chi connectivity index (χ3v) is 3.36. The first-order chi connectivity index (χ1) is 8.31. The van der Waals surface area contributed by atoms with E-state index in [1.165, 1.54) is 0 Å². The second-order valence-electron chi connectivity index (χ2n) is 3.71. The second-order valence-corrected chi connectivity index (χ2v) is 4.69. The predicted molar refractivity (Wildman–Crippen MR) is 70.2 cm³/mol. The summed E-state index contributed by atoms with van der Waals surface area (Å²) in [5, 5.41) is 15.4. The number of nitrogens with zero attached hydrogens (tertiary/aromatic N) is 2. The highest BCUT2D eigenvalue weighted by molar-refractivity contribution is 7.09. The molecule has 0 bridgehead atoms. The van der Waals surface area contributed by atoms with Crippen LogP contribution in [0.1, 0.15) is 16.1 Å². The molecule has 0 aliphatic rings. The predicted octanol–water partition coefficient (Wildman–Crippen LogP) is 2.98. The maximum absolute atomic E-state index is 9.03. The Morgan fingerprint density at radius 1 is 1.47 bits per heavy atom. The molecule has 0 spiro atoms. The summed E-state index contributed by atoms with van der Waals surface area (Å²) in [7, 11) is 0. The van der Waals surface area contributed by atoms with E-state index < -0.39 is 0 Å². The zero-order chi connectivity index (χ0) is 12.1. The third kappa shape index (κ3) is 2.83. The molecule has 0 atom stereocenters. The van der Waals surface area contributed by atoms with Crippen LogP contribution < -0.4 is 5.32 Å². The number of hydrogen-bond donors (Lipinski definition) is 1. The normalized spacial score (nSPS) is 9.88. The number of nitrogens with one attached hydrogen (secondary N) is 1. The van der Waals surface area contributed by atoms with Crippen LogP contribution in [0.5, 0.6) is 0 Å². The van der Waals surface area contributed by atoms with Crippen LogP contribution in [-0.4, -0.2) is 11.5 Å². The van der Waals surface area contributed by atoms with Gasteiger partial charge in [-0.3, -0.25) is 0 Å². The van der Waals surface area contributed by atoms with E-state index in [1.54, 1.807) is 11.3 Å². The first kappa shape index (κ1) is 11.6. The average molecular weight is 243 g/mol. The van der Waals surface area contributed by atoms with Crippen LogP contribution >= 0.6 is 11.3 Å². The van der Waals surface area contributed by atoms with Gasteiger partial charge < -0.3 is 5.32 Å². The molecule has 1 aromatic carbocycles. The molecule has 2 aromatic rings. The van der Waals surface area contributed by atoms with Gasteiger partial charge in [-0.1, -0.05) is 12.1 Å². The standard InChI is InChI=1S/C13H13N3S/c1-10-3-2-4-11(9-14)13(10)16-6-5-12-15-7-8-17-12/h2-4,7-8,16H,5-6H2,1H3. The molecule has 4 heteroatoms. The molecule has 86 valence electrons. The highest BCUT2D eigenvalue weighted by Gasteiger charge is 2.04. The first-order valence-electron chi connectivity index (χ1n) is 5.43. The van der Waals surface area contributed by atoms with Crippen molar-refractivity contribution in [3.05, 3.63) is 45.9 Å². The fraction of sp³-hybridized carbons (Fsp3) is 0.231. The van der Waals surface area contributed by atoms with Crippen LogP contribution in [0, 0.1) is 18.3 Å². The molecule has 17 heavy (non-hydrogen) atoms. The van der Waals surface area contributed by atoms with Crippen molar-refractivity contribution >= 4 is 17.0 Å². The number of para-hydroxylation sites is 1. The number of benzene rings is 1. The number of thiazole rings is 1. The van der Waals surface area contributed by atoms with Crippen LogP contribution in [0.3, 0.4) is 0 Å². The summed E-state index contributed by atoms with van der Waals surface area (Å²) < 4.78 is 0. The minimum absolute atomic E-state index is 0.698. The van der Waals surface area contributed by atoms with Crippen molar-refractivity contribution in [1.82, 2.24) is 4.98 Å². The van der Waals surface area contributed by atoms with Crippen LogP contribution in [0.4, 0.5) is 5.69 Å². The van der Waals surface area contributed by atoms with Crippen molar-refractivity contribution in [3.63, 3.8) is 0 Å². The smallest absolute Gasteiger partial charge is 0.101 e. The summed E-state index contributed by atoms with van der Waals surface area (Å²) in [5.41, 5.74) is 2.74. The Bertz CT molecular complexity index is 526. The van der Waals surface area contributed by atoms with Crippen molar-refractivity contribution in [1.29, 1.82) is 5.26 Å². The van der Waals surface area contributed by atoms with E-state index >= 15 is 0 Å². The summed E-state index contributed by atoms with van der Waals surface area (Å²) in [5.74, 6) is 0. The summed E-state index contributed by atoms with van der Waals surface area (Å²) in [6.45, 7) is 2.81. The SMILES string of the molecule is Cc1cccc(C#N)c1NCCc1nccs1. The van der Waals surface area contributed by atoms with Crippen LogP contribution in [0.2, 0.25) is 0 Å². The Kier molecular flexibility index (Phi) is 3.73. The lowest BCUT2D eigenvalue weighted by Crippen LogP contribution is -2.07. The Morgan fingerprint density at radius 3 is 3.06 bits per heavy atom. The summed E-state index contributed by atoms with van der Waals surface area (Å²) in [6.07, 6.45) is 2.70. The fourth-order valence-electron chi connectivity index (χ4n) is 1.67. The minimum atomic E-state index is 0.698. The zero-order valence-electron chi connectivity index (χ0n) is 9.60. The van der Waals surface area contributed by atoms with Gasteiger partial charge in [0, 0.05) is 24.5 Å². The molecular weight excluding hydrogens is 230 g/mol. The molecule has 0 fully saturated rings. The molecule has 0 radical (unpaired) electrons. The van der Waals surface area contributed by atoms with Crippen molar-refractivity contribution < 1.29 is 0 Å². The maximum Gasteiger partial charge on any atom is 0.101 e. The van der Waals surface area contributed by atoms with Gasteiger partial charge in [-0.25, -0.2) is 4.98 Å². The number of rotatable bonds is 4. The number of nitriles is 1. The lowest BCUT2D eigenvalue weighted by Gasteiger charge is -2.10. The number of aromatic nitrogens is 1. The molecule has 0 amide bonds. The third-order valence-electron chi connectivity index (χ3n) is 2.52. The monoisotopic (exact) mass is 243 g/mol. The Balaban J connectivity index is 2.02. The van der Waals surface area contributed by atoms with Crippen molar-refractivity contribution in [2.45, 2.75) is 13.3 Å². The molecule has 3 nitrogen and oxygen atoms in total. The Hall–Kier alpha value is -1.86. The second kappa shape index (κ2) is 5.46. The van der Waals surface area contributed by atoms with Gasteiger partial charge in [0.1, 0.15) is 6.07 Å². The fourth-order valence-corrected chi connectivity index (χ4v) is 2.29. The average Bonchev–Trinajstić information content (AvgIpc) is 2.84. The summed E-state index contributed by atoms with van der Waals surface area (Å²) in [4.78, 5) is 4.23. The van der Waals surface area contributed by atoms with Crippen LogP contribution in [-0.2, 0) is 6.42 Å². The molecule has 1 heterocycles. The molecule has 0 unspecified atom stereocenters. The largest absolute Gasteiger partial charge is 0.383 e. The van der Waals surface area contributed by atoms with E-state index in [1.807, 2.05) is 36.7 Å². The van der Waals surface area contributed by atoms with Gasteiger partial charge in [0.25, 0.3) is 0 Å². The van der Waals surface area contributed by atoms with Crippen molar-refractivity contribution in [2.75, 3.05) is 11.9 Å². The van der Waals surface area contributed by atoms with E-state index in [2.05, 4.69) is 16.4 Å². The highest BCUT2D eigenvalue weighted by atomic mass is 32.1. The molecule has 0 saturated carbocycles. The van der Waals surface area contributed by atoms with E-state index in [9.17, 15) is 0 Å². The van der Waals surface area contributed by atoms with E-state index in [0.717, 1.165) is 29.2 Å². The quantitative estimate of drug-likeness (QED) is 0.898. The summed E-state index contributed by atoms with van der Waals surface area (Å²) >= 11 is 1.66. The molecule has 1 N–H and O–H groups in total. The van der Waals surface area contributed by atoms with E-state index in [0.29, 0.717) is 5.56 Å². The minimum Gasteiger partial charge on any atom is -0.383 e. The lowest BCUT2D eigenvalue weighted by atomic mass is 10.1. The Morgan fingerprint density at radius 2 is 2.35 bits per heavy atom. The van der Waals surface area contributed by atoms with Gasteiger partial charge in [-0.15, -0.1) is 11.3 Å². The molecule has 0 aliphatic carbocycles. The van der Waals surface area contributed by atoms with Gasteiger partial charge in [0.05, 0.1) is 16.3 Å². The maximum atomic E-state index is 9.03. The van der Waals surface area contributed by atoms with E-state index in [4.69, 9.17) is 5.26 Å². The Labute approximate surface area is 105 Å². The van der Waals surface area contributed by atoms with Crippen molar-refractivity contribution in [3.8, 4) is 6.07 Å². The number of aryl methyl sites for hydroxylation is 1. The van der Waals surface area contributed by atoms with Gasteiger partial charge in [0.2, 0.25) is 0 Å². The van der Waals surface area contributed by atoms with Gasteiger partial charge in [-0.05, 0) is 18.6 Å². The van der Waals surface area contributed by atoms with Crippen LogP contribution in [0.15, 0.2) is 29.8 Å². The van der Waals surface area contributed by atoms with Crippen LogP contribution in [0.25, 0.3) is 0 Å². The zero-order valence-corrected chi connectivity index (χ0v) is 10.4. The molecule has 2 rings (SSSR count). The molecular formula is C13H13N3S. The molecule has 0 aliphatic heterocycles. The number of anilines is 1. The number of hydrogen-bond acceptors (Lipinski definition) is 4. The van der Waals surface area contributed by atoms with E-state index in [-0.39, 0.29) is 0 Å². The topological polar surface area (TPSA) is 48.7 Å². The highest BCUT2D eigenvalue weighted by Crippen LogP contribution is 2.19. The van der Waals surface area contributed by atoms with Gasteiger partial charge >= 0.3 is 0 Å². The first-order valence-corrected chi connectivity index (χ1v) is 6.31.